The molecular formula is C28H21NO3. The van der Waals surface area contributed by atoms with E-state index in [0.29, 0.717) is 23.5 Å². The van der Waals surface area contributed by atoms with Gasteiger partial charge in [0.1, 0.15) is 12.4 Å². The molecule has 0 fully saturated rings. The molecule has 0 saturated heterocycles. The molecule has 1 aliphatic heterocycles. The lowest BCUT2D eigenvalue weighted by Crippen LogP contribution is -2.29. The highest BCUT2D eigenvalue weighted by atomic mass is 16.5. The first-order valence-electron chi connectivity index (χ1n) is 10.5. The lowest BCUT2D eigenvalue weighted by Gasteiger charge is -2.18. The summed E-state index contributed by atoms with van der Waals surface area (Å²) in [6.45, 7) is 0.555. The Morgan fingerprint density at radius 1 is 0.625 bits per heavy atom. The predicted octanol–water partition coefficient (Wildman–Crippen LogP) is 5.73. The van der Waals surface area contributed by atoms with Gasteiger partial charge in [0.25, 0.3) is 11.8 Å². The van der Waals surface area contributed by atoms with Crippen LogP contribution in [0.3, 0.4) is 0 Å². The van der Waals surface area contributed by atoms with Gasteiger partial charge in [0, 0.05) is 5.56 Å². The summed E-state index contributed by atoms with van der Waals surface area (Å²) in [6.07, 6.45) is 0. The van der Waals surface area contributed by atoms with Crippen LogP contribution in [0.15, 0.2) is 103 Å². The smallest absolute Gasteiger partial charge is 0.261 e. The van der Waals surface area contributed by atoms with Gasteiger partial charge >= 0.3 is 0 Å². The number of carbonyl (C=O) groups is 2. The Labute approximate surface area is 186 Å². The van der Waals surface area contributed by atoms with Gasteiger partial charge in [-0.25, -0.2) is 0 Å². The second-order valence-corrected chi connectivity index (χ2v) is 7.70. The van der Waals surface area contributed by atoms with Gasteiger partial charge in [-0.2, -0.15) is 0 Å². The molecule has 5 rings (SSSR count). The van der Waals surface area contributed by atoms with Crippen LogP contribution >= 0.6 is 0 Å². The number of ether oxygens (including phenoxy) is 1. The number of rotatable bonds is 6. The third kappa shape index (κ3) is 3.79. The Bertz CT molecular complexity index is 1250. The number of benzene rings is 4. The summed E-state index contributed by atoms with van der Waals surface area (Å²) >= 11 is 0. The molecule has 4 nitrogen and oxygen atoms in total. The number of hydrogen-bond donors (Lipinski definition) is 0. The number of carbonyl (C=O) groups excluding carboxylic acids is 2. The normalized spacial score (nSPS) is 12.7. The Morgan fingerprint density at radius 3 is 1.88 bits per heavy atom. The van der Waals surface area contributed by atoms with E-state index in [1.54, 1.807) is 24.3 Å². The minimum Gasteiger partial charge on any atom is -0.489 e. The third-order valence-electron chi connectivity index (χ3n) is 5.62. The first kappa shape index (κ1) is 19.8. The molecule has 1 heterocycles. The molecule has 4 aromatic rings. The summed E-state index contributed by atoms with van der Waals surface area (Å²) in [7, 11) is 0. The average Bonchev–Trinajstić information content (AvgIpc) is 3.09. The minimum absolute atomic E-state index is 0.158. The Morgan fingerprint density at radius 2 is 1.22 bits per heavy atom. The van der Waals surface area contributed by atoms with E-state index in [0.717, 1.165) is 22.3 Å². The number of fused-ring (bicyclic) bond motifs is 1. The van der Waals surface area contributed by atoms with Crippen LogP contribution in [-0.4, -0.2) is 16.7 Å². The van der Waals surface area contributed by atoms with Crippen molar-refractivity contribution in [2.75, 3.05) is 0 Å². The Hall–Kier alpha value is -4.18. The molecule has 4 aromatic carbocycles. The first-order valence-corrected chi connectivity index (χ1v) is 10.5. The monoisotopic (exact) mass is 419 g/mol. The largest absolute Gasteiger partial charge is 0.489 e. The third-order valence-corrected chi connectivity index (χ3v) is 5.62. The van der Waals surface area contributed by atoms with Crippen molar-refractivity contribution >= 4 is 11.8 Å². The zero-order valence-corrected chi connectivity index (χ0v) is 17.4. The fourth-order valence-electron chi connectivity index (χ4n) is 3.92. The number of imide groups is 1. The SMILES string of the molecule is O=C1c2ccccc2C(=O)N1Cc1ccc(-c2ccccc2)cc1OCc1ccccc1. The van der Waals surface area contributed by atoms with Crippen molar-refractivity contribution in [2.45, 2.75) is 13.2 Å². The highest BCUT2D eigenvalue weighted by Crippen LogP contribution is 2.31. The molecule has 0 saturated carbocycles. The maximum absolute atomic E-state index is 12.9. The van der Waals surface area contributed by atoms with Crippen LogP contribution in [0.2, 0.25) is 0 Å². The van der Waals surface area contributed by atoms with Gasteiger partial charge in [-0.15, -0.1) is 0 Å². The topological polar surface area (TPSA) is 46.6 Å². The van der Waals surface area contributed by atoms with Crippen LogP contribution in [0.1, 0.15) is 31.8 Å². The van der Waals surface area contributed by atoms with E-state index in [2.05, 4.69) is 0 Å². The second kappa shape index (κ2) is 8.52. The molecule has 0 aliphatic carbocycles. The minimum atomic E-state index is -0.272. The Balaban J connectivity index is 1.47. The molecule has 0 bridgehead atoms. The highest BCUT2D eigenvalue weighted by molar-refractivity contribution is 6.21. The number of hydrogen-bond acceptors (Lipinski definition) is 3. The standard InChI is InChI=1S/C28H21NO3/c30-27-24-13-7-8-14-25(24)28(31)29(27)18-23-16-15-22(21-11-5-2-6-12-21)17-26(23)32-19-20-9-3-1-4-10-20/h1-17H,18-19H2. The van der Waals surface area contributed by atoms with Crippen molar-refractivity contribution in [2.24, 2.45) is 0 Å². The van der Waals surface area contributed by atoms with Crippen molar-refractivity contribution in [1.82, 2.24) is 4.90 Å². The average molecular weight is 419 g/mol. The maximum Gasteiger partial charge on any atom is 0.261 e. The van der Waals surface area contributed by atoms with Gasteiger partial charge in [0.2, 0.25) is 0 Å². The lowest BCUT2D eigenvalue weighted by molar-refractivity contribution is 0.0641. The molecule has 0 unspecified atom stereocenters. The van der Waals surface area contributed by atoms with E-state index in [1.807, 2.05) is 78.9 Å². The van der Waals surface area contributed by atoms with Crippen molar-refractivity contribution < 1.29 is 14.3 Å². The Kier molecular flexibility index (Phi) is 5.26. The van der Waals surface area contributed by atoms with Gasteiger partial charge in [-0.3, -0.25) is 14.5 Å². The van der Waals surface area contributed by atoms with Crippen molar-refractivity contribution in [3.8, 4) is 16.9 Å². The molecule has 32 heavy (non-hydrogen) atoms. The fraction of sp³-hybridized carbons (Fsp3) is 0.0714. The summed E-state index contributed by atoms with van der Waals surface area (Å²) < 4.78 is 6.19. The quantitative estimate of drug-likeness (QED) is 0.375. The molecular weight excluding hydrogens is 398 g/mol. The summed E-state index contributed by atoms with van der Waals surface area (Å²) in [5.74, 6) is 0.116. The molecule has 0 spiro atoms. The highest BCUT2D eigenvalue weighted by Gasteiger charge is 2.35. The molecule has 0 radical (unpaired) electrons. The second-order valence-electron chi connectivity index (χ2n) is 7.70. The molecule has 1 aliphatic rings. The molecule has 0 atom stereocenters. The van der Waals surface area contributed by atoms with Crippen molar-refractivity contribution in [3.05, 3.63) is 125 Å². The van der Waals surface area contributed by atoms with Gasteiger partial charge in [-0.05, 0) is 34.9 Å². The zero-order valence-electron chi connectivity index (χ0n) is 17.4. The van der Waals surface area contributed by atoms with E-state index >= 15 is 0 Å². The van der Waals surface area contributed by atoms with Crippen LogP contribution in [0.25, 0.3) is 11.1 Å². The van der Waals surface area contributed by atoms with Gasteiger partial charge in [0.05, 0.1) is 17.7 Å². The molecule has 0 N–H and O–H groups in total. The van der Waals surface area contributed by atoms with Crippen LogP contribution in [0.5, 0.6) is 5.75 Å². The van der Waals surface area contributed by atoms with Crippen LogP contribution in [-0.2, 0) is 13.2 Å². The van der Waals surface area contributed by atoms with E-state index in [-0.39, 0.29) is 18.4 Å². The van der Waals surface area contributed by atoms with Crippen LogP contribution < -0.4 is 4.74 Å². The van der Waals surface area contributed by atoms with Crippen molar-refractivity contribution in [3.63, 3.8) is 0 Å². The van der Waals surface area contributed by atoms with E-state index in [1.165, 1.54) is 4.90 Å². The summed E-state index contributed by atoms with van der Waals surface area (Å²) in [5, 5.41) is 0. The van der Waals surface area contributed by atoms with Gasteiger partial charge < -0.3 is 4.74 Å². The first-order chi connectivity index (χ1) is 15.7. The summed E-state index contributed by atoms with van der Waals surface area (Å²) in [6, 6.07) is 32.8. The van der Waals surface area contributed by atoms with Gasteiger partial charge in [-0.1, -0.05) is 84.9 Å². The van der Waals surface area contributed by atoms with E-state index < -0.39 is 0 Å². The van der Waals surface area contributed by atoms with Crippen molar-refractivity contribution in [1.29, 1.82) is 0 Å². The molecule has 156 valence electrons. The summed E-state index contributed by atoms with van der Waals surface area (Å²) in [5.41, 5.74) is 4.82. The van der Waals surface area contributed by atoms with E-state index in [9.17, 15) is 9.59 Å². The maximum atomic E-state index is 12.9. The van der Waals surface area contributed by atoms with E-state index in [4.69, 9.17) is 4.74 Å². The number of nitrogens with zero attached hydrogens (tertiary/aromatic N) is 1. The predicted molar refractivity (Wildman–Crippen MR) is 123 cm³/mol. The zero-order chi connectivity index (χ0) is 21.9. The fourth-order valence-corrected chi connectivity index (χ4v) is 3.92. The number of amides is 2. The molecule has 4 heteroatoms. The summed E-state index contributed by atoms with van der Waals surface area (Å²) in [4.78, 5) is 27.0. The molecule has 2 amide bonds. The van der Waals surface area contributed by atoms with Gasteiger partial charge in [0.15, 0.2) is 0 Å². The van der Waals surface area contributed by atoms with Crippen LogP contribution in [0.4, 0.5) is 0 Å². The lowest BCUT2D eigenvalue weighted by atomic mass is 10.0. The molecule has 0 aromatic heterocycles. The van der Waals surface area contributed by atoms with Crippen LogP contribution in [0, 0.1) is 0 Å².